The third-order valence-corrected chi connectivity index (χ3v) is 3.27. The largest absolute Gasteiger partial charge is 0.433 e. The zero-order chi connectivity index (χ0) is 12.0. The Morgan fingerprint density at radius 2 is 2.06 bits per heavy atom. The SMILES string of the molecule is CC(N)C1(c2cccnc2C(F)(F)F)CC1. The van der Waals surface area contributed by atoms with Crippen molar-refractivity contribution in [3.8, 4) is 0 Å². The highest BCUT2D eigenvalue weighted by Gasteiger charge is 2.52. The van der Waals surface area contributed by atoms with Crippen LogP contribution in [0.15, 0.2) is 18.3 Å². The van der Waals surface area contributed by atoms with Gasteiger partial charge in [0.2, 0.25) is 0 Å². The van der Waals surface area contributed by atoms with E-state index >= 15 is 0 Å². The van der Waals surface area contributed by atoms with Gasteiger partial charge < -0.3 is 5.73 Å². The fourth-order valence-electron chi connectivity index (χ4n) is 2.14. The molecule has 1 fully saturated rings. The lowest BCUT2D eigenvalue weighted by atomic mass is 9.88. The summed E-state index contributed by atoms with van der Waals surface area (Å²) in [6, 6.07) is 2.75. The van der Waals surface area contributed by atoms with E-state index in [0.717, 1.165) is 0 Å². The summed E-state index contributed by atoms with van der Waals surface area (Å²) in [5.74, 6) is 0. The molecule has 5 heteroatoms. The molecule has 2 rings (SSSR count). The Morgan fingerprint density at radius 3 is 2.50 bits per heavy atom. The predicted octanol–water partition coefficient (Wildman–Crippen LogP) is 2.48. The van der Waals surface area contributed by atoms with Crippen molar-refractivity contribution in [2.75, 3.05) is 0 Å². The third kappa shape index (κ3) is 1.69. The monoisotopic (exact) mass is 230 g/mol. The first-order valence-corrected chi connectivity index (χ1v) is 5.16. The lowest BCUT2D eigenvalue weighted by Gasteiger charge is -2.23. The Kier molecular flexibility index (Phi) is 2.45. The zero-order valence-electron chi connectivity index (χ0n) is 8.88. The normalized spacial score (nSPS) is 20.6. The molecule has 0 bridgehead atoms. The summed E-state index contributed by atoms with van der Waals surface area (Å²) in [5.41, 5.74) is 4.73. The van der Waals surface area contributed by atoms with Crippen LogP contribution in [0.3, 0.4) is 0 Å². The summed E-state index contributed by atoms with van der Waals surface area (Å²) in [6.07, 6.45) is -1.82. The zero-order valence-corrected chi connectivity index (χ0v) is 8.88. The maximum Gasteiger partial charge on any atom is 0.433 e. The topological polar surface area (TPSA) is 38.9 Å². The van der Waals surface area contributed by atoms with E-state index < -0.39 is 17.3 Å². The highest BCUT2D eigenvalue weighted by molar-refractivity contribution is 5.38. The van der Waals surface area contributed by atoms with Gasteiger partial charge in [-0.25, -0.2) is 0 Å². The van der Waals surface area contributed by atoms with Crippen molar-refractivity contribution in [3.05, 3.63) is 29.6 Å². The lowest BCUT2D eigenvalue weighted by molar-refractivity contribution is -0.142. The molecule has 1 aliphatic carbocycles. The minimum Gasteiger partial charge on any atom is -0.327 e. The van der Waals surface area contributed by atoms with Gasteiger partial charge in [-0.2, -0.15) is 13.2 Å². The Hall–Kier alpha value is -1.10. The number of alkyl halides is 3. The second-order valence-electron chi connectivity index (χ2n) is 4.34. The first kappa shape index (κ1) is 11.4. The van der Waals surface area contributed by atoms with Gasteiger partial charge in [-0.3, -0.25) is 4.98 Å². The molecule has 16 heavy (non-hydrogen) atoms. The van der Waals surface area contributed by atoms with Crippen molar-refractivity contribution in [2.24, 2.45) is 5.73 Å². The van der Waals surface area contributed by atoms with Gasteiger partial charge in [-0.1, -0.05) is 6.07 Å². The molecule has 1 aromatic rings. The van der Waals surface area contributed by atoms with Crippen LogP contribution in [-0.4, -0.2) is 11.0 Å². The van der Waals surface area contributed by atoms with Crippen molar-refractivity contribution in [2.45, 2.75) is 37.4 Å². The summed E-state index contributed by atoms with van der Waals surface area (Å²) in [6.45, 7) is 1.75. The van der Waals surface area contributed by atoms with E-state index in [9.17, 15) is 13.2 Å². The highest BCUT2D eigenvalue weighted by Crippen LogP contribution is 2.52. The second kappa shape index (κ2) is 3.45. The number of hydrogen-bond donors (Lipinski definition) is 1. The summed E-state index contributed by atoms with van der Waals surface area (Å²) in [5, 5.41) is 0. The van der Waals surface area contributed by atoms with Crippen LogP contribution in [0.1, 0.15) is 31.0 Å². The van der Waals surface area contributed by atoms with E-state index in [-0.39, 0.29) is 11.6 Å². The van der Waals surface area contributed by atoms with E-state index in [4.69, 9.17) is 5.73 Å². The molecule has 2 nitrogen and oxygen atoms in total. The summed E-state index contributed by atoms with van der Waals surface area (Å²) >= 11 is 0. The molecule has 0 spiro atoms. The third-order valence-electron chi connectivity index (χ3n) is 3.27. The first-order valence-electron chi connectivity index (χ1n) is 5.16. The van der Waals surface area contributed by atoms with Gasteiger partial charge in [-0.15, -0.1) is 0 Å². The molecule has 0 aromatic carbocycles. The van der Waals surface area contributed by atoms with Gasteiger partial charge in [0.25, 0.3) is 0 Å². The number of rotatable bonds is 2. The van der Waals surface area contributed by atoms with Gasteiger partial charge >= 0.3 is 6.18 Å². The lowest BCUT2D eigenvalue weighted by Crippen LogP contribution is -2.33. The van der Waals surface area contributed by atoms with E-state index in [2.05, 4.69) is 4.98 Å². The molecule has 1 saturated carbocycles. The molecule has 0 saturated heterocycles. The number of aromatic nitrogens is 1. The number of pyridine rings is 1. The molecular formula is C11H13F3N2. The fraction of sp³-hybridized carbons (Fsp3) is 0.545. The first-order chi connectivity index (χ1) is 7.38. The van der Waals surface area contributed by atoms with E-state index in [1.807, 2.05) is 0 Å². The van der Waals surface area contributed by atoms with Crippen LogP contribution in [0.4, 0.5) is 13.2 Å². The predicted molar refractivity (Wildman–Crippen MR) is 53.8 cm³/mol. The Balaban J connectivity index is 2.50. The molecule has 0 aliphatic heterocycles. The Morgan fingerprint density at radius 1 is 1.44 bits per heavy atom. The van der Waals surface area contributed by atoms with Crippen molar-refractivity contribution < 1.29 is 13.2 Å². The summed E-state index contributed by atoms with van der Waals surface area (Å²) in [4.78, 5) is 3.46. The number of nitrogens with zero attached hydrogens (tertiary/aromatic N) is 1. The Bertz CT molecular complexity index is 394. The minimum atomic E-state index is -4.40. The van der Waals surface area contributed by atoms with Gasteiger partial charge in [0.15, 0.2) is 0 Å². The van der Waals surface area contributed by atoms with E-state index in [1.165, 1.54) is 18.3 Å². The molecule has 1 aliphatic rings. The molecule has 2 N–H and O–H groups in total. The minimum absolute atomic E-state index is 0.248. The second-order valence-corrected chi connectivity index (χ2v) is 4.34. The average molecular weight is 230 g/mol. The van der Waals surface area contributed by atoms with E-state index in [0.29, 0.717) is 12.8 Å². The van der Waals surface area contributed by atoms with Gasteiger partial charge in [0, 0.05) is 17.7 Å². The van der Waals surface area contributed by atoms with Gasteiger partial charge in [-0.05, 0) is 31.4 Å². The van der Waals surface area contributed by atoms with Crippen LogP contribution in [0.5, 0.6) is 0 Å². The maximum absolute atomic E-state index is 12.8. The van der Waals surface area contributed by atoms with Crippen LogP contribution < -0.4 is 5.73 Å². The van der Waals surface area contributed by atoms with E-state index in [1.54, 1.807) is 6.92 Å². The smallest absolute Gasteiger partial charge is 0.327 e. The molecule has 1 aromatic heterocycles. The number of nitrogens with two attached hydrogens (primary N) is 1. The fourth-order valence-corrected chi connectivity index (χ4v) is 2.14. The van der Waals surface area contributed by atoms with Crippen molar-refractivity contribution in [1.29, 1.82) is 0 Å². The molecular weight excluding hydrogens is 217 g/mol. The average Bonchev–Trinajstić information content (AvgIpc) is 2.97. The van der Waals surface area contributed by atoms with Gasteiger partial charge in [0.1, 0.15) is 5.69 Å². The molecule has 0 amide bonds. The number of hydrogen-bond acceptors (Lipinski definition) is 2. The quantitative estimate of drug-likeness (QED) is 0.847. The standard InChI is InChI=1S/C11H13F3N2/c1-7(15)10(4-5-10)8-3-2-6-16-9(8)11(12,13)14/h2-3,6-7H,4-5,15H2,1H3. The van der Waals surface area contributed by atoms with Crippen molar-refractivity contribution in [3.63, 3.8) is 0 Å². The molecule has 1 atom stereocenters. The molecule has 88 valence electrons. The summed E-state index contributed by atoms with van der Waals surface area (Å²) in [7, 11) is 0. The van der Waals surface area contributed by atoms with Crippen LogP contribution in [0.25, 0.3) is 0 Å². The Labute approximate surface area is 91.7 Å². The van der Waals surface area contributed by atoms with Crippen LogP contribution in [0.2, 0.25) is 0 Å². The van der Waals surface area contributed by atoms with Crippen molar-refractivity contribution in [1.82, 2.24) is 4.98 Å². The molecule has 1 heterocycles. The highest BCUT2D eigenvalue weighted by atomic mass is 19.4. The van der Waals surface area contributed by atoms with Crippen LogP contribution in [-0.2, 0) is 11.6 Å². The van der Waals surface area contributed by atoms with Crippen LogP contribution >= 0.6 is 0 Å². The maximum atomic E-state index is 12.8. The van der Waals surface area contributed by atoms with Crippen LogP contribution in [0, 0.1) is 0 Å². The van der Waals surface area contributed by atoms with Crippen molar-refractivity contribution >= 4 is 0 Å². The molecule has 0 radical (unpaired) electrons. The summed E-state index contributed by atoms with van der Waals surface area (Å²) < 4.78 is 38.3. The van der Waals surface area contributed by atoms with Gasteiger partial charge in [0.05, 0.1) is 0 Å². The molecule has 1 unspecified atom stereocenters. The number of halogens is 3.